The molecule has 0 spiro atoms. The van der Waals surface area contributed by atoms with E-state index in [1.807, 2.05) is 32.0 Å². The molecule has 0 saturated carbocycles. The minimum Gasteiger partial charge on any atom is -0.548 e. The highest BCUT2D eigenvalue weighted by molar-refractivity contribution is 5.81. The van der Waals surface area contributed by atoms with Crippen LogP contribution in [0.5, 0.6) is 5.75 Å². The first-order chi connectivity index (χ1) is 7.99. The van der Waals surface area contributed by atoms with Crippen LogP contribution in [0, 0.1) is 13.8 Å². The summed E-state index contributed by atoms with van der Waals surface area (Å²) in [5, 5.41) is 12.3. The number of carboxylic acids is 1. The molecule has 0 atom stereocenters. The van der Waals surface area contributed by atoms with Crippen molar-refractivity contribution in [2.75, 3.05) is 13.2 Å². The first-order valence-electron chi connectivity index (χ1n) is 5.15. The molecule has 0 heterocycles. The van der Waals surface area contributed by atoms with Crippen LogP contribution in [-0.2, 0) is 9.59 Å². The maximum Gasteiger partial charge on any atom is 0.258 e. The monoisotopic (exact) mass is 236 g/mol. The summed E-state index contributed by atoms with van der Waals surface area (Å²) in [6.45, 7) is 3.07. The van der Waals surface area contributed by atoms with Gasteiger partial charge in [0.25, 0.3) is 5.91 Å². The average molecular weight is 236 g/mol. The molecular weight excluding hydrogens is 222 g/mol. The fourth-order valence-corrected chi connectivity index (χ4v) is 1.23. The van der Waals surface area contributed by atoms with Crippen molar-refractivity contribution in [1.82, 2.24) is 5.32 Å². The van der Waals surface area contributed by atoms with E-state index in [1.165, 1.54) is 0 Å². The standard InChI is InChI=1S/C12H15NO4/c1-8-3-4-9(2)10(5-8)17-7-11(14)13-6-12(15)16/h3-5H,6-7H2,1-2H3,(H,13,14)(H,15,16)/p-1. The molecule has 1 aromatic rings. The van der Waals surface area contributed by atoms with E-state index in [4.69, 9.17) is 4.74 Å². The highest BCUT2D eigenvalue weighted by Gasteiger charge is 2.04. The molecule has 17 heavy (non-hydrogen) atoms. The van der Waals surface area contributed by atoms with Crippen molar-refractivity contribution >= 4 is 11.9 Å². The summed E-state index contributed by atoms with van der Waals surface area (Å²) in [7, 11) is 0. The number of amides is 1. The Labute approximate surface area is 99.4 Å². The normalized spacial score (nSPS) is 9.76. The van der Waals surface area contributed by atoms with Crippen molar-refractivity contribution < 1.29 is 19.4 Å². The van der Waals surface area contributed by atoms with Gasteiger partial charge in [-0.25, -0.2) is 0 Å². The zero-order chi connectivity index (χ0) is 12.8. The molecule has 1 amide bonds. The quantitative estimate of drug-likeness (QED) is 0.751. The number of aliphatic carboxylic acids is 1. The van der Waals surface area contributed by atoms with E-state index in [-0.39, 0.29) is 6.61 Å². The molecule has 0 bridgehead atoms. The number of hydrogen-bond donors (Lipinski definition) is 1. The van der Waals surface area contributed by atoms with Crippen LogP contribution in [0.4, 0.5) is 0 Å². The number of nitrogens with one attached hydrogen (secondary N) is 1. The van der Waals surface area contributed by atoms with Gasteiger partial charge in [-0.2, -0.15) is 0 Å². The molecule has 92 valence electrons. The van der Waals surface area contributed by atoms with Crippen LogP contribution in [0.1, 0.15) is 11.1 Å². The number of carbonyl (C=O) groups excluding carboxylic acids is 2. The highest BCUT2D eigenvalue weighted by Crippen LogP contribution is 2.18. The number of ether oxygens (including phenoxy) is 1. The van der Waals surface area contributed by atoms with Gasteiger partial charge < -0.3 is 20.0 Å². The zero-order valence-corrected chi connectivity index (χ0v) is 9.78. The second-order valence-electron chi connectivity index (χ2n) is 3.71. The Morgan fingerprint density at radius 2 is 2.06 bits per heavy atom. The van der Waals surface area contributed by atoms with Gasteiger partial charge in [-0.15, -0.1) is 0 Å². The minimum absolute atomic E-state index is 0.211. The van der Waals surface area contributed by atoms with E-state index in [1.54, 1.807) is 0 Å². The Morgan fingerprint density at radius 3 is 2.71 bits per heavy atom. The lowest BCUT2D eigenvalue weighted by molar-refractivity contribution is -0.304. The Morgan fingerprint density at radius 1 is 1.35 bits per heavy atom. The molecule has 0 aliphatic carbocycles. The van der Waals surface area contributed by atoms with E-state index in [0.29, 0.717) is 5.75 Å². The lowest BCUT2D eigenvalue weighted by Crippen LogP contribution is -2.39. The molecule has 0 aliphatic rings. The highest BCUT2D eigenvalue weighted by atomic mass is 16.5. The van der Waals surface area contributed by atoms with Gasteiger partial charge in [-0.3, -0.25) is 4.79 Å². The van der Waals surface area contributed by atoms with E-state index in [9.17, 15) is 14.7 Å². The third-order valence-corrected chi connectivity index (χ3v) is 2.13. The Balaban J connectivity index is 2.47. The van der Waals surface area contributed by atoms with E-state index < -0.39 is 18.4 Å². The molecule has 0 fully saturated rings. The Hall–Kier alpha value is -2.04. The number of rotatable bonds is 5. The fourth-order valence-electron chi connectivity index (χ4n) is 1.23. The van der Waals surface area contributed by atoms with Crippen molar-refractivity contribution in [1.29, 1.82) is 0 Å². The van der Waals surface area contributed by atoms with Crippen molar-refractivity contribution in [3.8, 4) is 5.75 Å². The summed E-state index contributed by atoms with van der Waals surface area (Å²) in [5.74, 6) is -1.20. The molecule has 0 unspecified atom stereocenters. The zero-order valence-electron chi connectivity index (χ0n) is 9.78. The van der Waals surface area contributed by atoms with Crippen molar-refractivity contribution in [2.45, 2.75) is 13.8 Å². The van der Waals surface area contributed by atoms with Gasteiger partial charge in [0.2, 0.25) is 0 Å². The molecule has 5 heteroatoms. The topological polar surface area (TPSA) is 78.5 Å². The van der Waals surface area contributed by atoms with Gasteiger partial charge >= 0.3 is 0 Å². The van der Waals surface area contributed by atoms with E-state index in [2.05, 4.69) is 5.32 Å². The predicted octanol–water partition coefficient (Wildman–Crippen LogP) is -0.452. The molecule has 1 rings (SSSR count). The van der Waals surface area contributed by atoms with Crippen LogP contribution < -0.4 is 15.2 Å². The van der Waals surface area contributed by atoms with Gasteiger partial charge in [-0.05, 0) is 31.0 Å². The third kappa shape index (κ3) is 4.55. The van der Waals surface area contributed by atoms with Crippen LogP contribution in [0.2, 0.25) is 0 Å². The summed E-state index contributed by atoms with van der Waals surface area (Å²) in [4.78, 5) is 21.3. The summed E-state index contributed by atoms with van der Waals surface area (Å²) in [6.07, 6.45) is 0. The first kappa shape index (κ1) is 13.0. The number of carbonyl (C=O) groups is 2. The molecule has 1 aromatic carbocycles. The Bertz CT molecular complexity index is 429. The minimum atomic E-state index is -1.33. The number of benzene rings is 1. The molecule has 0 radical (unpaired) electrons. The van der Waals surface area contributed by atoms with Crippen molar-refractivity contribution in [3.05, 3.63) is 29.3 Å². The van der Waals surface area contributed by atoms with Crippen molar-refractivity contribution in [2.24, 2.45) is 0 Å². The van der Waals surface area contributed by atoms with E-state index in [0.717, 1.165) is 11.1 Å². The summed E-state index contributed by atoms with van der Waals surface area (Å²) in [6, 6.07) is 5.66. The molecule has 0 aliphatic heterocycles. The largest absolute Gasteiger partial charge is 0.548 e. The Kier molecular flexibility index (Phi) is 4.51. The summed E-state index contributed by atoms with van der Waals surface area (Å²) < 4.78 is 5.29. The first-order valence-corrected chi connectivity index (χ1v) is 5.15. The number of hydrogen-bond acceptors (Lipinski definition) is 4. The van der Waals surface area contributed by atoms with Crippen LogP contribution in [0.3, 0.4) is 0 Å². The van der Waals surface area contributed by atoms with Crippen LogP contribution in [-0.4, -0.2) is 25.0 Å². The molecule has 5 nitrogen and oxygen atoms in total. The predicted molar refractivity (Wildman–Crippen MR) is 59.4 cm³/mol. The number of carboxylic acid groups (broad SMARTS) is 1. The van der Waals surface area contributed by atoms with Gasteiger partial charge in [-0.1, -0.05) is 12.1 Å². The second kappa shape index (κ2) is 5.89. The lowest BCUT2D eigenvalue weighted by Gasteiger charge is -2.10. The lowest BCUT2D eigenvalue weighted by atomic mass is 10.1. The fraction of sp³-hybridized carbons (Fsp3) is 0.333. The maximum absolute atomic E-state index is 11.2. The third-order valence-electron chi connectivity index (χ3n) is 2.13. The molecule has 1 N–H and O–H groups in total. The summed E-state index contributed by atoms with van der Waals surface area (Å²) in [5.41, 5.74) is 1.95. The second-order valence-corrected chi connectivity index (χ2v) is 3.71. The maximum atomic E-state index is 11.2. The molecule has 0 saturated heterocycles. The SMILES string of the molecule is Cc1ccc(C)c(OCC(=O)NCC(=O)[O-])c1. The molecular formula is C12H14NO4-. The van der Waals surface area contributed by atoms with Gasteiger partial charge in [0.15, 0.2) is 6.61 Å². The van der Waals surface area contributed by atoms with E-state index >= 15 is 0 Å². The van der Waals surface area contributed by atoms with Gasteiger partial charge in [0, 0.05) is 0 Å². The van der Waals surface area contributed by atoms with Crippen molar-refractivity contribution in [3.63, 3.8) is 0 Å². The smallest absolute Gasteiger partial charge is 0.258 e. The number of aryl methyl sites for hydroxylation is 2. The van der Waals surface area contributed by atoms with Gasteiger partial charge in [0.05, 0.1) is 12.5 Å². The summed E-state index contributed by atoms with van der Waals surface area (Å²) >= 11 is 0. The average Bonchev–Trinajstić information content (AvgIpc) is 2.27. The van der Waals surface area contributed by atoms with Crippen LogP contribution >= 0.6 is 0 Å². The molecule has 0 aromatic heterocycles. The van der Waals surface area contributed by atoms with Crippen LogP contribution in [0.15, 0.2) is 18.2 Å². The van der Waals surface area contributed by atoms with Gasteiger partial charge in [0.1, 0.15) is 5.75 Å². The van der Waals surface area contributed by atoms with Crippen LogP contribution in [0.25, 0.3) is 0 Å².